The molecule has 0 fully saturated rings. The second-order valence-corrected chi connectivity index (χ2v) is 1.36. The Bertz CT molecular complexity index is 35.3. The van der Waals surface area contributed by atoms with Gasteiger partial charge < -0.3 is 0 Å². The quantitative estimate of drug-likeness (QED) is 0.503. The van der Waals surface area contributed by atoms with Crippen molar-refractivity contribution in [1.29, 1.82) is 0 Å². The maximum Gasteiger partial charge on any atom is -0.0353 e. The Hall–Kier alpha value is -0.260. The van der Waals surface area contributed by atoms with E-state index in [-0.39, 0.29) is 0 Å². The molecule has 0 N–H and O–H groups in total. The topological polar surface area (TPSA) is 0 Å². The Morgan fingerprint density at radius 1 is 1.00 bits per heavy atom. The van der Waals surface area contributed by atoms with Crippen molar-refractivity contribution in [3.63, 3.8) is 0 Å². The molecule has 0 amide bonds. The molecule has 10 heavy (non-hydrogen) atoms. The maximum atomic E-state index is 2.18. The molecule has 0 spiro atoms. The normalized spacial score (nSPS) is 7.40. The van der Waals surface area contributed by atoms with E-state index >= 15 is 0 Å². The molecule has 0 heterocycles. The highest BCUT2D eigenvalue weighted by atomic mass is 13.7. The molecule has 0 unspecified atom stereocenters. The molecule has 0 aromatic rings. The van der Waals surface area contributed by atoms with Crippen molar-refractivity contribution < 1.29 is 0 Å². The van der Waals surface area contributed by atoms with E-state index in [2.05, 4.69) is 26.0 Å². The van der Waals surface area contributed by atoms with E-state index in [0.717, 1.165) is 0 Å². The van der Waals surface area contributed by atoms with Crippen LogP contribution in [0.4, 0.5) is 0 Å². The Kier molecular flexibility index (Phi) is 61.3. The van der Waals surface area contributed by atoms with E-state index in [4.69, 9.17) is 0 Å². The lowest BCUT2D eigenvalue weighted by atomic mass is 10.3. The lowest BCUT2D eigenvalue weighted by Crippen LogP contribution is -1.55. The van der Waals surface area contributed by atoms with E-state index in [1.807, 2.05) is 27.7 Å². The molecule has 0 atom stereocenters. The molecule has 0 saturated heterocycles. The van der Waals surface area contributed by atoms with E-state index in [1.165, 1.54) is 12.8 Å². The van der Waals surface area contributed by atoms with E-state index in [1.54, 1.807) is 0 Å². The SMILES string of the molecule is C/C=C\CCC.CC.CC. The van der Waals surface area contributed by atoms with Crippen LogP contribution in [0, 0.1) is 0 Å². The van der Waals surface area contributed by atoms with Crippen molar-refractivity contribution in [2.45, 2.75) is 54.4 Å². The fourth-order valence-corrected chi connectivity index (χ4v) is 0.333. The molecule has 0 bridgehead atoms. The highest BCUT2D eigenvalue weighted by Gasteiger charge is 1.64. The first-order chi connectivity index (χ1) is 4.91. The van der Waals surface area contributed by atoms with Crippen LogP contribution >= 0.6 is 0 Å². The number of unbranched alkanes of at least 4 members (excludes halogenated alkanes) is 1. The zero-order valence-corrected chi connectivity index (χ0v) is 8.57. The Morgan fingerprint density at radius 2 is 1.40 bits per heavy atom. The van der Waals surface area contributed by atoms with Gasteiger partial charge in [0, 0.05) is 0 Å². The second-order valence-electron chi connectivity index (χ2n) is 1.36. The highest BCUT2D eigenvalue weighted by Crippen LogP contribution is 1.85. The van der Waals surface area contributed by atoms with Gasteiger partial charge in [-0.2, -0.15) is 0 Å². The smallest absolute Gasteiger partial charge is 0.0353 e. The first-order valence-electron chi connectivity index (χ1n) is 4.53. The van der Waals surface area contributed by atoms with Crippen LogP contribution in [0.2, 0.25) is 0 Å². The molecular weight excluding hydrogens is 120 g/mol. The van der Waals surface area contributed by atoms with Gasteiger partial charge in [0.15, 0.2) is 0 Å². The van der Waals surface area contributed by atoms with Gasteiger partial charge in [0.1, 0.15) is 0 Å². The van der Waals surface area contributed by atoms with Crippen LogP contribution < -0.4 is 0 Å². The van der Waals surface area contributed by atoms with Crippen LogP contribution in [-0.4, -0.2) is 0 Å². The van der Waals surface area contributed by atoms with Crippen LogP contribution in [0.25, 0.3) is 0 Å². The average Bonchev–Trinajstić information content (AvgIpc) is 2.08. The molecule has 0 radical (unpaired) electrons. The molecule has 0 aliphatic carbocycles. The molecule has 0 aliphatic rings. The van der Waals surface area contributed by atoms with E-state index in [9.17, 15) is 0 Å². The summed E-state index contributed by atoms with van der Waals surface area (Å²) in [6, 6.07) is 0. The van der Waals surface area contributed by atoms with Gasteiger partial charge in [-0.05, 0) is 13.3 Å². The van der Waals surface area contributed by atoms with E-state index in [0.29, 0.717) is 0 Å². The number of hydrogen-bond acceptors (Lipinski definition) is 0. The summed E-state index contributed by atoms with van der Waals surface area (Å²) >= 11 is 0. The van der Waals surface area contributed by atoms with Gasteiger partial charge in [0.05, 0.1) is 0 Å². The summed E-state index contributed by atoms with van der Waals surface area (Å²) in [5.41, 5.74) is 0. The third-order valence-corrected chi connectivity index (χ3v) is 0.691. The molecule has 0 aromatic heterocycles. The van der Waals surface area contributed by atoms with Gasteiger partial charge in [-0.25, -0.2) is 0 Å². The Labute approximate surface area is 67.3 Å². The van der Waals surface area contributed by atoms with Crippen molar-refractivity contribution >= 4 is 0 Å². The molecule has 64 valence electrons. The molecule has 0 aromatic carbocycles. The van der Waals surface area contributed by atoms with Gasteiger partial charge in [-0.1, -0.05) is 53.2 Å². The number of hydrogen-bond donors (Lipinski definition) is 0. The van der Waals surface area contributed by atoms with Gasteiger partial charge >= 0.3 is 0 Å². The summed E-state index contributed by atoms with van der Waals surface area (Å²) in [5, 5.41) is 0. The summed E-state index contributed by atoms with van der Waals surface area (Å²) < 4.78 is 0. The molecule has 0 rings (SSSR count). The minimum Gasteiger partial charge on any atom is -0.0917 e. The molecular formula is C10H24. The maximum absolute atomic E-state index is 2.18. The van der Waals surface area contributed by atoms with Crippen LogP contribution in [0.1, 0.15) is 54.4 Å². The summed E-state index contributed by atoms with van der Waals surface area (Å²) in [7, 11) is 0. The number of allylic oxidation sites excluding steroid dienone is 2. The standard InChI is InChI=1S/C6H12.2C2H6/c1-3-5-6-4-2;2*1-2/h3,5H,4,6H2,1-2H3;2*1-2H3/b5-3-;;. The van der Waals surface area contributed by atoms with Crippen LogP contribution in [0.5, 0.6) is 0 Å². The summed E-state index contributed by atoms with van der Waals surface area (Å²) in [4.78, 5) is 0. The lowest BCUT2D eigenvalue weighted by molar-refractivity contribution is 0.957. The predicted molar refractivity (Wildman–Crippen MR) is 52.4 cm³/mol. The fraction of sp³-hybridized carbons (Fsp3) is 0.800. The second kappa shape index (κ2) is 37.4. The first-order valence-corrected chi connectivity index (χ1v) is 4.53. The Morgan fingerprint density at radius 3 is 1.50 bits per heavy atom. The third kappa shape index (κ3) is 46.8. The molecule has 0 saturated carbocycles. The third-order valence-electron chi connectivity index (χ3n) is 0.691. The fourth-order valence-electron chi connectivity index (χ4n) is 0.333. The molecule has 0 nitrogen and oxygen atoms in total. The van der Waals surface area contributed by atoms with Crippen molar-refractivity contribution in [2.24, 2.45) is 0 Å². The summed E-state index contributed by atoms with van der Waals surface area (Å²) in [6.45, 7) is 12.2. The zero-order chi connectivity index (χ0) is 8.83. The van der Waals surface area contributed by atoms with Crippen molar-refractivity contribution in [3.8, 4) is 0 Å². The average molecular weight is 144 g/mol. The summed E-state index contributed by atoms with van der Waals surface area (Å²) in [6.07, 6.45) is 6.77. The lowest BCUT2D eigenvalue weighted by Gasteiger charge is -1.76. The van der Waals surface area contributed by atoms with Crippen molar-refractivity contribution in [3.05, 3.63) is 12.2 Å². The Balaban J connectivity index is -0.000000105. The zero-order valence-electron chi connectivity index (χ0n) is 8.57. The summed E-state index contributed by atoms with van der Waals surface area (Å²) in [5.74, 6) is 0. The predicted octanol–water partition coefficient (Wildman–Crippen LogP) is 4.42. The minimum absolute atomic E-state index is 1.23. The monoisotopic (exact) mass is 144 g/mol. The largest absolute Gasteiger partial charge is 0.0917 e. The van der Waals surface area contributed by atoms with Gasteiger partial charge in [0.25, 0.3) is 0 Å². The van der Waals surface area contributed by atoms with Gasteiger partial charge in [0.2, 0.25) is 0 Å². The van der Waals surface area contributed by atoms with E-state index < -0.39 is 0 Å². The van der Waals surface area contributed by atoms with Crippen LogP contribution in [0.3, 0.4) is 0 Å². The van der Waals surface area contributed by atoms with Crippen molar-refractivity contribution in [2.75, 3.05) is 0 Å². The number of rotatable bonds is 2. The minimum atomic E-state index is 1.23. The molecule has 0 heteroatoms. The molecule has 0 aliphatic heterocycles. The first kappa shape index (κ1) is 16.4. The van der Waals surface area contributed by atoms with Gasteiger partial charge in [-0.15, -0.1) is 0 Å². The van der Waals surface area contributed by atoms with Gasteiger partial charge in [-0.3, -0.25) is 0 Å². The highest BCUT2D eigenvalue weighted by molar-refractivity contribution is 4.75. The van der Waals surface area contributed by atoms with Crippen LogP contribution in [-0.2, 0) is 0 Å². The van der Waals surface area contributed by atoms with Crippen molar-refractivity contribution in [1.82, 2.24) is 0 Å². The van der Waals surface area contributed by atoms with Crippen LogP contribution in [0.15, 0.2) is 12.2 Å².